The molecule has 72 valence electrons. The summed E-state index contributed by atoms with van der Waals surface area (Å²) in [5.41, 5.74) is 0. The molecule has 6 heteroatoms. The maximum atomic E-state index is 10.8. The van der Waals surface area contributed by atoms with Crippen LogP contribution >= 0.6 is 0 Å². The normalized spacial score (nSPS) is 15.3. The van der Waals surface area contributed by atoms with Gasteiger partial charge in [-0.3, -0.25) is 19.7 Å². The Hall–Kier alpha value is -2.24. The number of hydrogen-bond donors (Lipinski definition) is 1. The second-order valence-electron chi connectivity index (χ2n) is 2.24. The number of carbonyl (C=O) groups excluding carboxylic acids is 4. The minimum Gasteiger partial charge on any atom is -0.417 e. The van der Waals surface area contributed by atoms with Gasteiger partial charge in [0.05, 0.1) is 6.08 Å². The maximum absolute atomic E-state index is 10.8. The van der Waals surface area contributed by atoms with E-state index in [2.05, 4.69) is 4.74 Å². The van der Waals surface area contributed by atoms with Crippen molar-refractivity contribution in [2.24, 2.45) is 0 Å². The monoisotopic (exact) mass is 195 g/mol. The van der Waals surface area contributed by atoms with Gasteiger partial charge in [-0.05, 0) is 6.08 Å². The van der Waals surface area contributed by atoms with Crippen LogP contribution in [0.3, 0.4) is 0 Å². The Morgan fingerprint density at radius 1 is 1.43 bits per heavy atom. The van der Waals surface area contributed by atoms with E-state index in [0.29, 0.717) is 6.29 Å². The molecule has 2 amide bonds. The third-order valence-corrected chi connectivity index (χ3v) is 1.24. The molecule has 0 spiro atoms. The predicted molar refractivity (Wildman–Crippen MR) is 42.5 cm³/mol. The van der Waals surface area contributed by atoms with E-state index in [1.54, 1.807) is 0 Å². The number of esters is 1. The Bertz CT molecular complexity index is 366. The van der Waals surface area contributed by atoms with Crippen molar-refractivity contribution in [2.45, 2.75) is 0 Å². The van der Waals surface area contributed by atoms with Gasteiger partial charge < -0.3 is 4.74 Å². The summed E-state index contributed by atoms with van der Waals surface area (Å²) in [7, 11) is 0. The van der Waals surface area contributed by atoms with E-state index in [-0.39, 0.29) is 5.76 Å². The van der Waals surface area contributed by atoms with Gasteiger partial charge in [0.1, 0.15) is 6.29 Å². The number of imide groups is 1. The van der Waals surface area contributed by atoms with Crippen molar-refractivity contribution in [1.82, 2.24) is 5.32 Å². The number of amides is 2. The van der Waals surface area contributed by atoms with Gasteiger partial charge in [0.2, 0.25) is 5.76 Å². The number of ether oxygens (including phenoxy) is 1. The first-order valence-corrected chi connectivity index (χ1v) is 3.54. The second-order valence-corrected chi connectivity index (χ2v) is 2.24. The number of nitrogens with one attached hydrogen (secondary N) is 1. The highest BCUT2D eigenvalue weighted by molar-refractivity contribution is 6.16. The molecule has 0 aromatic rings. The summed E-state index contributed by atoms with van der Waals surface area (Å²) in [5, 5.41) is 1.89. The van der Waals surface area contributed by atoms with Crippen molar-refractivity contribution in [3.63, 3.8) is 0 Å². The SMILES string of the molecule is O=C/C=C\C(=O)OC1=CC(=O)NC1=O. The molecule has 1 heterocycles. The zero-order chi connectivity index (χ0) is 10.6. The molecule has 0 aromatic heterocycles. The van der Waals surface area contributed by atoms with Crippen LogP contribution in [-0.4, -0.2) is 24.1 Å². The minimum absolute atomic E-state index is 0.379. The zero-order valence-corrected chi connectivity index (χ0v) is 6.85. The van der Waals surface area contributed by atoms with Gasteiger partial charge in [-0.1, -0.05) is 0 Å². The largest absolute Gasteiger partial charge is 0.417 e. The van der Waals surface area contributed by atoms with Crippen LogP contribution in [0.4, 0.5) is 0 Å². The molecule has 0 atom stereocenters. The minimum atomic E-state index is -0.895. The smallest absolute Gasteiger partial charge is 0.336 e. The van der Waals surface area contributed by atoms with Crippen molar-refractivity contribution in [2.75, 3.05) is 0 Å². The van der Waals surface area contributed by atoms with Gasteiger partial charge >= 0.3 is 5.97 Å². The van der Waals surface area contributed by atoms with Crippen LogP contribution in [-0.2, 0) is 23.9 Å². The molecule has 0 saturated carbocycles. The molecule has 0 radical (unpaired) electrons. The van der Waals surface area contributed by atoms with Crippen LogP contribution in [0.1, 0.15) is 0 Å². The first-order valence-electron chi connectivity index (χ1n) is 3.54. The summed E-state index contributed by atoms with van der Waals surface area (Å²) in [6.07, 6.45) is 2.99. The van der Waals surface area contributed by atoms with E-state index in [1.807, 2.05) is 5.32 Å². The van der Waals surface area contributed by atoms with Crippen LogP contribution < -0.4 is 5.32 Å². The molecule has 0 aliphatic carbocycles. The molecule has 14 heavy (non-hydrogen) atoms. The first-order chi connectivity index (χ1) is 6.63. The van der Waals surface area contributed by atoms with E-state index in [1.165, 1.54) is 0 Å². The second kappa shape index (κ2) is 4.13. The lowest BCUT2D eigenvalue weighted by Gasteiger charge is -1.97. The van der Waals surface area contributed by atoms with Crippen molar-refractivity contribution in [3.8, 4) is 0 Å². The fourth-order valence-electron chi connectivity index (χ4n) is 0.730. The molecule has 0 fully saturated rings. The maximum Gasteiger partial charge on any atom is 0.336 e. The topological polar surface area (TPSA) is 89.5 Å². The molecule has 0 saturated heterocycles. The molecule has 1 rings (SSSR count). The van der Waals surface area contributed by atoms with E-state index in [9.17, 15) is 19.2 Å². The van der Waals surface area contributed by atoms with E-state index in [0.717, 1.165) is 18.2 Å². The summed E-state index contributed by atoms with van der Waals surface area (Å²) in [6.45, 7) is 0. The molecular formula is C8H5NO5. The lowest BCUT2D eigenvalue weighted by Crippen LogP contribution is -2.23. The van der Waals surface area contributed by atoms with Gasteiger partial charge in [-0.25, -0.2) is 4.79 Å². The third-order valence-electron chi connectivity index (χ3n) is 1.24. The lowest BCUT2D eigenvalue weighted by atomic mass is 10.5. The summed E-state index contributed by atoms with van der Waals surface area (Å²) in [5.74, 6) is -2.69. The molecule has 0 bridgehead atoms. The molecule has 1 N–H and O–H groups in total. The average molecular weight is 195 g/mol. The van der Waals surface area contributed by atoms with Crippen molar-refractivity contribution in [1.29, 1.82) is 0 Å². The van der Waals surface area contributed by atoms with Crippen molar-refractivity contribution < 1.29 is 23.9 Å². The Kier molecular flexibility index (Phi) is 2.90. The average Bonchev–Trinajstić information content (AvgIpc) is 2.42. The van der Waals surface area contributed by atoms with Gasteiger partial charge in [-0.2, -0.15) is 0 Å². The fraction of sp³-hybridized carbons (Fsp3) is 0. The first kappa shape index (κ1) is 9.85. The third kappa shape index (κ3) is 2.37. The van der Waals surface area contributed by atoms with Gasteiger partial charge in [0.15, 0.2) is 0 Å². The summed E-state index contributed by atoms with van der Waals surface area (Å²) >= 11 is 0. The van der Waals surface area contributed by atoms with Crippen LogP contribution in [0, 0.1) is 0 Å². The fourth-order valence-corrected chi connectivity index (χ4v) is 0.730. The van der Waals surface area contributed by atoms with E-state index >= 15 is 0 Å². The highest BCUT2D eigenvalue weighted by Crippen LogP contribution is 2.04. The Morgan fingerprint density at radius 2 is 2.14 bits per heavy atom. The zero-order valence-electron chi connectivity index (χ0n) is 6.85. The molecule has 6 nitrogen and oxygen atoms in total. The summed E-state index contributed by atoms with van der Waals surface area (Å²) in [4.78, 5) is 42.0. The molecule has 1 aliphatic rings. The quantitative estimate of drug-likeness (QED) is 0.265. The van der Waals surface area contributed by atoms with Crippen LogP contribution in [0.25, 0.3) is 0 Å². The highest BCUT2D eigenvalue weighted by atomic mass is 16.5. The van der Waals surface area contributed by atoms with Crippen LogP contribution in [0.15, 0.2) is 24.0 Å². The highest BCUT2D eigenvalue weighted by Gasteiger charge is 2.23. The van der Waals surface area contributed by atoms with E-state index < -0.39 is 17.8 Å². The molecule has 0 aromatic carbocycles. The number of hydrogen-bond acceptors (Lipinski definition) is 5. The Labute approximate surface area is 78.2 Å². The number of allylic oxidation sites excluding steroid dienone is 1. The predicted octanol–water partition coefficient (Wildman–Crippen LogP) is -1.18. The van der Waals surface area contributed by atoms with Crippen LogP contribution in [0.5, 0.6) is 0 Å². The van der Waals surface area contributed by atoms with Gasteiger partial charge in [-0.15, -0.1) is 0 Å². The Balaban J connectivity index is 2.61. The van der Waals surface area contributed by atoms with Gasteiger partial charge in [0.25, 0.3) is 11.8 Å². The number of aldehydes is 1. The number of carbonyl (C=O) groups is 4. The summed E-state index contributed by atoms with van der Waals surface area (Å²) in [6, 6.07) is 0. The summed E-state index contributed by atoms with van der Waals surface area (Å²) < 4.78 is 4.44. The molecule has 0 unspecified atom stereocenters. The van der Waals surface area contributed by atoms with Crippen LogP contribution in [0.2, 0.25) is 0 Å². The Morgan fingerprint density at radius 3 is 2.64 bits per heavy atom. The molecular weight excluding hydrogens is 190 g/mol. The van der Waals surface area contributed by atoms with Crippen molar-refractivity contribution in [3.05, 3.63) is 24.0 Å². The van der Waals surface area contributed by atoms with Gasteiger partial charge in [0, 0.05) is 6.08 Å². The van der Waals surface area contributed by atoms with Crippen molar-refractivity contribution >= 4 is 24.1 Å². The standard InChI is InChI=1S/C8H5NO5/c10-3-1-2-7(12)14-5-4-6(11)9-8(5)13/h1-4H,(H,9,11,13)/b2-1-. The number of rotatable bonds is 3. The lowest BCUT2D eigenvalue weighted by molar-refractivity contribution is -0.138. The molecule has 1 aliphatic heterocycles. The van der Waals surface area contributed by atoms with E-state index in [4.69, 9.17) is 0 Å².